The van der Waals surface area contributed by atoms with Gasteiger partial charge in [-0.15, -0.1) is 10.2 Å². The molecule has 128 valence electrons. The molecule has 24 heavy (non-hydrogen) atoms. The number of rotatable bonds is 6. The lowest BCUT2D eigenvalue weighted by molar-refractivity contribution is -0.119. The van der Waals surface area contributed by atoms with Gasteiger partial charge in [0.25, 0.3) is 0 Å². The molecule has 2 N–H and O–H groups in total. The van der Waals surface area contributed by atoms with Crippen molar-refractivity contribution in [2.45, 2.75) is 43.0 Å². The third-order valence-electron chi connectivity index (χ3n) is 4.22. The average molecular weight is 363 g/mol. The first-order chi connectivity index (χ1) is 11.7. The lowest BCUT2D eigenvalue weighted by Crippen LogP contribution is -2.41. The van der Waals surface area contributed by atoms with Crippen molar-refractivity contribution in [1.82, 2.24) is 15.5 Å². The molecule has 5 nitrogen and oxygen atoms in total. The Morgan fingerprint density at radius 1 is 1.25 bits per heavy atom. The van der Waals surface area contributed by atoms with E-state index in [1.54, 1.807) is 0 Å². The summed E-state index contributed by atoms with van der Waals surface area (Å²) in [6, 6.07) is 10.2. The smallest absolute Gasteiger partial charge is 0.230 e. The Labute approximate surface area is 150 Å². The highest BCUT2D eigenvalue weighted by molar-refractivity contribution is 8.01. The molecule has 1 aliphatic carbocycles. The van der Waals surface area contributed by atoms with Gasteiger partial charge in [0.2, 0.25) is 11.0 Å². The van der Waals surface area contributed by atoms with Crippen LogP contribution in [0.3, 0.4) is 0 Å². The molecule has 0 bridgehead atoms. The molecule has 7 heteroatoms. The topological polar surface area (TPSA) is 66.9 Å². The van der Waals surface area contributed by atoms with Gasteiger partial charge < -0.3 is 10.6 Å². The van der Waals surface area contributed by atoms with Gasteiger partial charge >= 0.3 is 0 Å². The van der Waals surface area contributed by atoms with Crippen LogP contribution in [0.25, 0.3) is 0 Å². The Hall–Kier alpha value is -1.60. The fourth-order valence-corrected chi connectivity index (χ4v) is 4.45. The van der Waals surface area contributed by atoms with Gasteiger partial charge in [-0.25, -0.2) is 0 Å². The molecule has 2 unspecified atom stereocenters. The van der Waals surface area contributed by atoms with E-state index in [1.807, 2.05) is 30.3 Å². The lowest BCUT2D eigenvalue weighted by Gasteiger charge is -2.29. The van der Waals surface area contributed by atoms with E-state index in [2.05, 4.69) is 27.8 Å². The van der Waals surface area contributed by atoms with Gasteiger partial charge in [0.05, 0.1) is 5.75 Å². The Kier molecular flexibility index (Phi) is 6.09. The molecule has 2 aromatic rings. The molecular weight excluding hydrogens is 340 g/mol. The van der Waals surface area contributed by atoms with Crippen molar-refractivity contribution in [3.05, 3.63) is 30.3 Å². The summed E-state index contributed by atoms with van der Waals surface area (Å²) in [5.74, 6) is 1.06. The third kappa shape index (κ3) is 4.95. The van der Waals surface area contributed by atoms with Gasteiger partial charge in [0.15, 0.2) is 4.34 Å². The first-order valence-corrected chi connectivity index (χ1v) is 10.1. The van der Waals surface area contributed by atoms with Crippen LogP contribution in [0.4, 0.5) is 10.8 Å². The van der Waals surface area contributed by atoms with Gasteiger partial charge in [0.1, 0.15) is 0 Å². The molecule has 1 aliphatic rings. The van der Waals surface area contributed by atoms with E-state index in [-0.39, 0.29) is 5.91 Å². The van der Waals surface area contributed by atoms with Gasteiger partial charge in [-0.3, -0.25) is 4.79 Å². The molecule has 1 saturated carbocycles. The molecule has 0 radical (unpaired) electrons. The number of para-hydroxylation sites is 1. The van der Waals surface area contributed by atoms with Crippen molar-refractivity contribution >= 4 is 39.8 Å². The second kappa shape index (κ2) is 8.48. The number of hydrogen-bond donors (Lipinski definition) is 2. The molecular formula is C17H22N4OS2. The minimum atomic E-state index is 0.0894. The minimum absolute atomic E-state index is 0.0894. The SMILES string of the molecule is CC1CCCCC1NC(=O)CSc1nnc(Nc2ccccc2)s1. The number of nitrogens with one attached hydrogen (secondary N) is 2. The summed E-state index contributed by atoms with van der Waals surface area (Å²) in [6.07, 6.45) is 4.81. The second-order valence-corrected chi connectivity index (χ2v) is 8.29. The summed E-state index contributed by atoms with van der Waals surface area (Å²) in [4.78, 5) is 12.1. The number of nitrogens with zero attached hydrogens (tertiary/aromatic N) is 2. The first-order valence-electron chi connectivity index (χ1n) is 8.28. The molecule has 1 aromatic heterocycles. The number of hydrogen-bond acceptors (Lipinski definition) is 6. The van der Waals surface area contributed by atoms with E-state index in [0.29, 0.717) is 17.7 Å². The molecule has 1 fully saturated rings. The van der Waals surface area contributed by atoms with Crippen LogP contribution in [-0.4, -0.2) is 27.9 Å². The number of thioether (sulfide) groups is 1. The zero-order valence-electron chi connectivity index (χ0n) is 13.7. The summed E-state index contributed by atoms with van der Waals surface area (Å²) in [5, 5.41) is 15.4. The molecule has 1 heterocycles. The Morgan fingerprint density at radius 3 is 2.83 bits per heavy atom. The van der Waals surface area contributed by atoms with E-state index in [1.165, 1.54) is 42.4 Å². The van der Waals surface area contributed by atoms with Gasteiger partial charge in [-0.2, -0.15) is 0 Å². The van der Waals surface area contributed by atoms with Crippen molar-refractivity contribution in [2.75, 3.05) is 11.1 Å². The number of carbonyl (C=O) groups is 1. The van der Waals surface area contributed by atoms with Crippen molar-refractivity contribution in [2.24, 2.45) is 5.92 Å². The predicted molar refractivity (Wildman–Crippen MR) is 99.9 cm³/mol. The van der Waals surface area contributed by atoms with E-state index >= 15 is 0 Å². The van der Waals surface area contributed by atoms with Crippen LogP contribution in [-0.2, 0) is 4.79 Å². The molecule has 0 spiro atoms. The number of amides is 1. The second-order valence-electron chi connectivity index (χ2n) is 6.09. The lowest BCUT2D eigenvalue weighted by atomic mass is 9.86. The van der Waals surface area contributed by atoms with Crippen molar-refractivity contribution < 1.29 is 4.79 Å². The highest BCUT2D eigenvalue weighted by Gasteiger charge is 2.22. The van der Waals surface area contributed by atoms with Crippen LogP contribution < -0.4 is 10.6 Å². The number of benzene rings is 1. The van der Waals surface area contributed by atoms with Gasteiger partial charge in [-0.05, 0) is 30.9 Å². The first kappa shape index (κ1) is 17.2. The van der Waals surface area contributed by atoms with Crippen LogP contribution in [0.1, 0.15) is 32.6 Å². The maximum Gasteiger partial charge on any atom is 0.230 e. The zero-order chi connectivity index (χ0) is 16.8. The van der Waals surface area contributed by atoms with Crippen LogP contribution in [0.2, 0.25) is 0 Å². The maximum absolute atomic E-state index is 12.1. The number of anilines is 2. The highest BCUT2D eigenvalue weighted by Crippen LogP contribution is 2.28. The van der Waals surface area contributed by atoms with Crippen LogP contribution in [0.15, 0.2) is 34.7 Å². The number of aromatic nitrogens is 2. The Balaban J connectivity index is 1.45. The average Bonchev–Trinajstić information content (AvgIpc) is 3.03. The monoisotopic (exact) mass is 362 g/mol. The Bertz CT molecular complexity index is 662. The fraction of sp³-hybridized carbons (Fsp3) is 0.471. The zero-order valence-corrected chi connectivity index (χ0v) is 15.3. The standard InChI is InChI=1S/C17H22N4OS2/c1-12-7-5-6-10-14(12)19-15(22)11-23-17-21-20-16(24-17)18-13-8-3-2-4-9-13/h2-4,8-9,12,14H,5-7,10-11H2,1H3,(H,18,20)(H,19,22). The molecule has 1 amide bonds. The van der Waals surface area contributed by atoms with Crippen molar-refractivity contribution in [3.8, 4) is 0 Å². The summed E-state index contributed by atoms with van der Waals surface area (Å²) in [5.41, 5.74) is 0.981. The summed E-state index contributed by atoms with van der Waals surface area (Å²) < 4.78 is 0.806. The summed E-state index contributed by atoms with van der Waals surface area (Å²) >= 11 is 2.91. The predicted octanol–water partition coefficient (Wildman–Crippen LogP) is 4.07. The van der Waals surface area contributed by atoms with E-state index in [9.17, 15) is 4.79 Å². The molecule has 2 atom stereocenters. The Morgan fingerprint density at radius 2 is 2.04 bits per heavy atom. The summed E-state index contributed by atoms with van der Waals surface area (Å²) in [6.45, 7) is 2.23. The number of carbonyl (C=O) groups excluding carboxylic acids is 1. The van der Waals surface area contributed by atoms with Crippen molar-refractivity contribution in [1.29, 1.82) is 0 Å². The quantitative estimate of drug-likeness (QED) is 0.758. The van der Waals surface area contributed by atoms with Crippen molar-refractivity contribution in [3.63, 3.8) is 0 Å². The third-order valence-corrected chi connectivity index (χ3v) is 6.19. The maximum atomic E-state index is 12.1. The molecule has 0 saturated heterocycles. The van der Waals surface area contributed by atoms with Gasteiger partial charge in [-0.1, -0.05) is 61.1 Å². The van der Waals surface area contributed by atoms with Crippen LogP contribution in [0.5, 0.6) is 0 Å². The molecule has 1 aromatic carbocycles. The normalized spacial score (nSPS) is 20.5. The van der Waals surface area contributed by atoms with Crippen LogP contribution in [0, 0.1) is 5.92 Å². The van der Waals surface area contributed by atoms with Gasteiger partial charge in [0, 0.05) is 11.7 Å². The molecule has 0 aliphatic heterocycles. The van der Waals surface area contributed by atoms with E-state index in [0.717, 1.165) is 21.6 Å². The fourth-order valence-electron chi connectivity index (χ4n) is 2.87. The van der Waals surface area contributed by atoms with E-state index in [4.69, 9.17) is 0 Å². The van der Waals surface area contributed by atoms with Crippen LogP contribution >= 0.6 is 23.1 Å². The minimum Gasteiger partial charge on any atom is -0.352 e. The largest absolute Gasteiger partial charge is 0.352 e. The summed E-state index contributed by atoms with van der Waals surface area (Å²) in [7, 11) is 0. The highest BCUT2D eigenvalue weighted by atomic mass is 32.2. The molecule has 3 rings (SSSR count). The van der Waals surface area contributed by atoms with E-state index < -0.39 is 0 Å².